The fourth-order valence-corrected chi connectivity index (χ4v) is 3.81. The van der Waals surface area contributed by atoms with Crippen LogP contribution in [0.25, 0.3) is 0 Å². The molecule has 0 unspecified atom stereocenters. The molecule has 8 nitrogen and oxygen atoms in total. The third-order valence-corrected chi connectivity index (χ3v) is 5.75. The first-order valence-corrected chi connectivity index (χ1v) is 9.51. The van der Waals surface area contributed by atoms with Gasteiger partial charge in [0.25, 0.3) is 11.8 Å². The van der Waals surface area contributed by atoms with E-state index >= 15 is 0 Å². The Morgan fingerprint density at radius 3 is 2.30 bits per heavy atom. The Morgan fingerprint density at radius 2 is 1.67 bits per heavy atom. The summed E-state index contributed by atoms with van der Waals surface area (Å²) in [6, 6.07) is 9.92. The topological polar surface area (TPSA) is 110 Å². The van der Waals surface area contributed by atoms with Gasteiger partial charge in [-0.1, -0.05) is 0 Å². The molecule has 2 aromatic rings. The summed E-state index contributed by atoms with van der Waals surface area (Å²) in [5, 5.41) is 2.45. The number of anilines is 1. The van der Waals surface area contributed by atoms with Crippen LogP contribution in [0.1, 0.15) is 20.7 Å². The van der Waals surface area contributed by atoms with Gasteiger partial charge in [-0.3, -0.25) is 19.3 Å². The highest BCUT2D eigenvalue weighted by Crippen LogP contribution is 2.25. The van der Waals surface area contributed by atoms with Crippen molar-refractivity contribution in [2.24, 2.45) is 0 Å². The number of nitrogens with one attached hydrogen (secondary N) is 1. The molecule has 0 aliphatic carbocycles. The monoisotopic (exact) mass is 388 g/mol. The maximum absolute atomic E-state index is 12.4. The minimum Gasteiger partial charge on any atom is -0.497 e. The molecule has 2 aromatic carbocycles. The van der Waals surface area contributed by atoms with Crippen molar-refractivity contribution in [2.45, 2.75) is 4.90 Å². The molecule has 1 heterocycles. The van der Waals surface area contributed by atoms with Crippen molar-refractivity contribution >= 4 is 33.2 Å². The van der Waals surface area contributed by atoms with Gasteiger partial charge in [0, 0.05) is 12.7 Å². The number of benzene rings is 2. The highest BCUT2D eigenvalue weighted by Gasteiger charge is 2.32. The Hall–Kier alpha value is -3.20. The summed E-state index contributed by atoms with van der Waals surface area (Å²) in [4.78, 5) is 37.0. The van der Waals surface area contributed by atoms with Crippen LogP contribution in [0, 0.1) is 0 Å². The molecule has 3 amide bonds. The Kier molecular flexibility index (Phi) is 4.71. The number of fused-ring (bicyclic) bond motifs is 1. The lowest BCUT2D eigenvalue weighted by Crippen LogP contribution is -2.24. The van der Waals surface area contributed by atoms with Gasteiger partial charge in [0.05, 0.1) is 23.1 Å². The first-order chi connectivity index (χ1) is 12.7. The highest BCUT2D eigenvalue weighted by molar-refractivity contribution is 7.92. The van der Waals surface area contributed by atoms with Crippen molar-refractivity contribution in [3.8, 4) is 5.75 Å². The lowest BCUT2D eigenvalue weighted by Gasteiger charge is -2.08. The molecule has 0 fully saturated rings. The van der Waals surface area contributed by atoms with Gasteiger partial charge in [0.1, 0.15) is 11.5 Å². The number of carbonyl (C=O) groups is 3. The molecule has 27 heavy (non-hydrogen) atoms. The van der Waals surface area contributed by atoms with Gasteiger partial charge < -0.3 is 10.1 Å². The summed E-state index contributed by atoms with van der Waals surface area (Å²) >= 11 is 0. The van der Waals surface area contributed by atoms with Crippen molar-refractivity contribution in [1.29, 1.82) is 0 Å². The molecule has 0 saturated carbocycles. The first kappa shape index (κ1) is 18.6. The summed E-state index contributed by atoms with van der Waals surface area (Å²) < 4.78 is 29.7. The molecule has 0 saturated heterocycles. The van der Waals surface area contributed by atoms with Crippen molar-refractivity contribution in [1.82, 2.24) is 4.90 Å². The SMILES string of the molecule is COc1ccc(S(=O)(=O)CC(=O)Nc2ccc3c(c2)C(=O)N(C)C3=O)cc1. The number of ether oxygens (including phenoxy) is 1. The number of nitrogens with zero attached hydrogens (tertiary/aromatic N) is 1. The van der Waals surface area contributed by atoms with E-state index in [-0.39, 0.29) is 21.7 Å². The zero-order valence-corrected chi connectivity index (χ0v) is 15.4. The third-order valence-electron chi connectivity index (χ3n) is 4.11. The average molecular weight is 388 g/mol. The predicted molar refractivity (Wildman–Crippen MR) is 96.5 cm³/mol. The number of methoxy groups -OCH3 is 1. The summed E-state index contributed by atoms with van der Waals surface area (Å²) in [7, 11) is -1.01. The van der Waals surface area contributed by atoms with E-state index in [1.54, 1.807) is 0 Å². The fourth-order valence-electron chi connectivity index (χ4n) is 2.68. The van der Waals surface area contributed by atoms with Gasteiger partial charge in [-0.05, 0) is 42.5 Å². The molecule has 1 N–H and O–H groups in total. The third kappa shape index (κ3) is 3.54. The summed E-state index contributed by atoms with van der Waals surface area (Å²) in [5.41, 5.74) is 0.643. The van der Waals surface area contributed by atoms with Crippen LogP contribution in [-0.4, -0.2) is 50.9 Å². The number of imide groups is 1. The van der Waals surface area contributed by atoms with Crippen LogP contribution in [0.4, 0.5) is 5.69 Å². The van der Waals surface area contributed by atoms with Gasteiger partial charge in [-0.25, -0.2) is 8.42 Å². The molecule has 140 valence electrons. The van der Waals surface area contributed by atoms with E-state index in [0.29, 0.717) is 5.75 Å². The Labute approximate surface area is 155 Å². The van der Waals surface area contributed by atoms with Crippen LogP contribution >= 0.6 is 0 Å². The normalized spacial score (nSPS) is 13.5. The van der Waals surface area contributed by atoms with Crippen molar-refractivity contribution in [3.05, 3.63) is 53.6 Å². The Balaban J connectivity index is 1.74. The van der Waals surface area contributed by atoms with Crippen LogP contribution in [-0.2, 0) is 14.6 Å². The lowest BCUT2D eigenvalue weighted by molar-refractivity contribution is -0.113. The number of rotatable bonds is 5. The maximum atomic E-state index is 12.4. The lowest BCUT2D eigenvalue weighted by atomic mass is 10.1. The summed E-state index contributed by atoms with van der Waals surface area (Å²) in [6.45, 7) is 0. The largest absolute Gasteiger partial charge is 0.497 e. The fraction of sp³-hybridized carbons (Fsp3) is 0.167. The van der Waals surface area contributed by atoms with Gasteiger partial charge >= 0.3 is 0 Å². The van der Waals surface area contributed by atoms with Gasteiger partial charge in [0.2, 0.25) is 5.91 Å². The second-order valence-corrected chi connectivity index (χ2v) is 7.90. The standard InChI is InChI=1S/C18H16N2O6S/c1-20-17(22)14-8-3-11(9-15(14)18(20)23)19-16(21)10-27(24,25)13-6-4-12(26-2)5-7-13/h3-9H,10H2,1-2H3,(H,19,21). The van der Waals surface area contributed by atoms with Crippen molar-refractivity contribution < 1.29 is 27.5 Å². The molecule has 0 radical (unpaired) electrons. The van der Waals surface area contributed by atoms with E-state index in [1.165, 1.54) is 56.6 Å². The predicted octanol–water partition coefficient (Wildman–Crippen LogP) is 1.33. The summed E-state index contributed by atoms with van der Waals surface area (Å²) in [5.74, 6) is -1.91. The molecule has 0 bridgehead atoms. The van der Waals surface area contributed by atoms with Crippen LogP contribution < -0.4 is 10.1 Å². The zero-order chi connectivity index (χ0) is 19.8. The number of hydrogen-bond donors (Lipinski definition) is 1. The van der Waals surface area contributed by atoms with E-state index in [2.05, 4.69) is 5.32 Å². The Morgan fingerprint density at radius 1 is 1.04 bits per heavy atom. The minimum atomic E-state index is -3.84. The Bertz CT molecular complexity index is 1040. The number of carbonyl (C=O) groups excluding carboxylic acids is 3. The molecule has 1 aliphatic rings. The van der Waals surface area contributed by atoms with Crippen molar-refractivity contribution in [3.63, 3.8) is 0 Å². The number of sulfone groups is 1. The van der Waals surface area contributed by atoms with Gasteiger partial charge in [-0.15, -0.1) is 0 Å². The van der Waals surface area contributed by atoms with Crippen LogP contribution in [0.3, 0.4) is 0 Å². The zero-order valence-electron chi connectivity index (χ0n) is 14.6. The highest BCUT2D eigenvalue weighted by atomic mass is 32.2. The smallest absolute Gasteiger partial charge is 0.261 e. The van der Waals surface area contributed by atoms with Crippen molar-refractivity contribution in [2.75, 3.05) is 25.2 Å². The quantitative estimate of drug-likeness (QED) is 0.774. The van der Waals surface area contributed by atoms with Crippen LogP contribution in [0.5, 0.6) is 5.75 Å². The van der Waals surface area contributed by atoms with Gasteiger partial charge in [0.15, 0.2) is 9.84 Å². The van der Waals surface area contributed by atoms with Gasteiger partial charge in [-0.2, -0.15) is 0 Å². The van der Waals surface area contributed by atoms with E-state index in [0.717, 1.165) is 4.90 Å². The summed E-state index contributed by atoms with van der Waals surface area (Å²) in [6.07, 6.45) is 0. The number of hydrogen-bond acceptors (Lipinski definition) is 6. The molecule has 3 rings (SSSR count). The second kappa shape index (κ2) is 6.84. The molecule has 0 atom stereocenters. The van der Waals surface area contributed by atoms with E-state index in [9.17, 15) is 22.8 Å². The number of amides is 3. The molecular formula is C18H16N2O6S. The average Bonchev–Trinajstić information content (AvgIpc) is 2.85. The first-order valence-electron chi connectivity index (χ1n) is 7.86. The second-order valence-electron chi connectivity index (χ2n) is 5.91. The van der Waals surface area contributed by atoms with E-state index < -0.39 is 33.3 Å². The molecule has 9 heteroatoms. The molecule has 1 aliphatic heterocycles. The van der Waals surface area contributed by atoms with E-state index in [1.807, 2.05) is 0 Å². The van der Waals surface area contributed by atoms with Crippen LogP contribution in [0.15, 0.2) is 47.4 Å². The molecular weight excluding hydrogens is 372 g/mol. The minimum absolute atomic E-state index is 0.00481. The maximum Gasteiger partial charge on any atom is 0.261 e. The molecule has 0 aromatic heterocycles. The van der Waals surface area contributed by atoms with Crippen LogP contribution in [0.2, 0.25) is 0 Å². The van der Waals surface area contributed by atoms with E-state index in [4.69, 9.17) is 4.74 Å². The molecule has 0 spiro atoms.